The Bertz CT molecular complexity index is 844. The summed E-state index contributed by atoms with van der Waals surface area (Å²) in [5.74, 6) is 0.478. The van der Waals surface area contributed by atoms with Gasteiger partial charge in [-0.3, -0.25) is 9.59 Å². The summed E-state index contributed by atoms with van der Waals surface area (Å²) in [5.41, 5.74) is 2.68. The van der Waals surface area contributed by atoms with E-state index >= 15 is 0 Å². The predicted molar refractivity (Wildman–Crippen MR) is 124 cm³/mol. The summed E-state index contributed by atoms with van der Waals surface area (Å²) in [5, 5.41) is 5.76. The molecule has 31 heavy (non-hydrogen) atoms. The summed E-state index contributed by atoms with van der Waals surface area (Å²) in [6.07, 6.45) is 5.08. The number of quaternary nitrogens is 1. The van der Waals surface area contributed by atoms with E-state index in [1.807, 2.05) is 19.2 Å². The molecule has 1 atom stereocenters. The Balaban J connectivity index is 1.43. The number of likely N-dealkylation sites (N-methyl/N-ethyl adjacent to an activating group) is 1. The van der Waals surface area contributed by atoms with Gasteiger partial charge in [-0.1, -0.05) is 12.8 Å². The van der Waals surface area contributed by atoms with Crippen LogP contribution in [0.5, 0.6) is 5.75 Å². The lowest BCUT2D eigenvalue weighted by Crippen LogP contribution is -3.11. The van der Waals surface area contributed by atoms with E-state index in [0.29, 0.717) is 5.69 Å². The summed E-state index contributed by atoms with van der Waals surface area (Å²) in [4.78, 5) is 27.8. The average Bonchev–Trinajstić information content (AvgIpc) is 3.04. The van der Waals surface area contributed by atoms with Crippen molar-refractivity contribution < 1.29 is 19.2 Å². The van der Waals surface area contributed by atoms with Crippen molar-refractivity contribution in [2.45, 2.75) is 25.7 Å². The smallest absolute Gasteiger partial charge is 0.279 e. The Morgan fingerprint density at radius 1 is 0.839 bits per heavy atom. The van der Waals surface area contributed by atoms with Crippen LogP contribution in [0.15, 0.2) is 48.5 Å². The van der Waals surface area contributed by atoms with Crippen molar-refractivity contribution in [3.8, 4) is 5.75 Å². The maximum atomic E-state index is 12.4. The first-order valence-electron chi connectivity index (χ1n) is 10.9. The number of rotatable bonds is 8. The minimum Gasteiger partial charge on any atom is -0.497 e. The normalized spacial score (nSPS) is 15.0. The highest BCUT2D eigenvalue weighted by Gasteiger charge is 2.15. The lowest BCUT2D eigenvalue weighted by molar-refractivity contribution is -0.862. The third kappa shape index (κ3) is 7.29. The van der Waals surface area contributed by atoms with E-state index < -0.39 is 0 Å². The molecule has 3 rings (SSSR count). The van der Waals surface area contributed by atoms with Gasteiger partial charge in [0.25, 0.3) is 11.8 Å². The molecule has 1 fully saturated rings. The van der Waals surface area contributed by atoms with Crippen LogP contribution in [0.2, 0.25) is 0 Å². The molecule has 1 aliphatic heterocycles. The highest BCUT2D eigenvalue weighted by atomic mass is 16.5. The standard InChI is InChI=1S/C24H32N4O3/c1-27(18-24(30)26-20-9-13-22(31-2)14-10-20)17-23(29)25-19-7-11-21(12-8-19)28-15-5-3-4-6-16-28/h7-14H,3-6,15-18H2,1-2H3,(H,25,29)(H,26,30)/p+1. The zero-order valence-corrected chi connectivity index (χ0v) is 18.4. The Labute approximate surface area is 184 Å². The molecule has 2 aromatic carbocycles. The number of nitrogens with one attached hydrogen (secondary N) is 3. The molecule has 2 amide bonds. The van der Waals surface area contributed by atoms with Crippen molar-refractivity contribution in [3.63, 3.8) is 0 Å². The van der Waals surface area contributed by atoms with Gasteiger partial charge < -0.3 is 25.2 Å². The highest BCUT2D eigenvalue weighted by molar-refractivity contribution is 5.93. The van der Waals surface area contributed by atoms with Crippen molar-refractivity contribution in [3.05, 3.63) is 48.5 Å². The molecule has 166 valence electrons. The molecule has 0 aliphatic carbocycles. The monoisotopic (exact) mass is 425 g/mol. The number of carbonyl (C=O) groups is 2. The van der Waals surface area contributed by atoms with Crippen LogP contribution in [0.25, 0.3) is 0 Å². The third-order valence-corrected chi connectivity index (χ3v) is 5.42. The molecule has 3 N–H and O–H groups in total. The first-order chi connectivity index (χ1) is 15.0. The number of ether oxygens (including phenoxy) is 1. The van der Waals surface area contributed by atoms with E-state index in [1.165, 1.54) is 31.4 Å². The van der Waals surface area contributed by atoms with E-state index in [2.05, 4.69) is 27.7 Å². The van der Waals surface area contributed by atoms with E-state index in [-0.39, 0.29) is 24.9 Å². The van der Waals surface area contributed by atoms with Crippen LogP contribution < -0.4 is 25.2 Å². The number of nitrogens with zero attached hydrogens (tertiary/aromatic N) is 1. The molecular formula is C24H33N4O3+. The van der Waals surface area contributed by atoms with Crippen LogP contribution in [0.1, 0.15) is 25.7 Å². The second kappa shape index (κ2) is 11.4. The summed E-state index contributed by atoms with van der Waals surface area (Å²) < 4.78 is 5.11. The van der Waals surface area contributed by atoms with Crippen LogP contribution >= 0.6 is 0 Å². The van der Waals surface area contributed by atoms with E-state index in [4.69, 9.17) is 4.74 Å². The fourth-order valence-electron chi connectivity index (χ4n) is 3.78. The molecule has 1 aliphatic rings. The van der Waals surface area contributed by atoms with Crippen LogP contribution in [0.4, 0.5) is 17.1 Å². The van der Waals surface area contributed by atoms with Crippen LogP contribution in [-0.4, -0.2) is 52.2 Å². The molecule has 1 unspecified atom stereocenters. The minimum atomic E-state index is -0.141. The van der Waals surface area contributed by atoms with Crippen LogP contribution in [0.3, 0.4) is 0 Å². The number of methoxy groups -OCH3 is 1. The van der Waals surface area contributed by atoms with Gasteiger partial charge in [0.15, 0.2) is 13.1 Å². The number of benzene rings is 2. The summed E-state index contributed by atoms with van der Waals surface area (Å²) in [6, 6.07) is 15.2. The minimum absolute atomic E-state index is 0.114. The number of amides is 2. The maximum absolute atomic E-state index is 12.4. The van der Waals surface area contributed by atoms with Crippen molar-refractivity contribution in [2.75, 3.05) is 55.9 Å². The van der Waals surface area contributed by atoms with Gasteiger partial charge >= 0.3 is 0 Å². The molecule has 0 spiro atoms. The van der Waals surface area contributed by atoms with Gasteiger partial charge in [0.2, 0.25) is 0 Å². The number of carbonyl (C=O) groups excluding carboxylic acids is 2. The topological polar surface area (TPSA) is 75.1 Å². The Hall–Kier alpha value is -3.06. The Morgan fingerprint density at radius 2 is 1.32 bits per heavy atom. The molecule has 0 aromatic heterocycles. The fraction of sp³-hybridized carbons (Fsp3) is 0.417. The molecule has 0 saturated carbocycles. The SMILES string of the molecule is COc1ccc(NC(=O)C[NH+](C)CC(=O)Nc2ccc(N3CCCCCC3)cc2)cc1. The van der Waals surface area contributed by atoms with Gasteiger partial charge in [-0.25, -0.2) is 0 Å². The number of anilines is 3. The zero-order valence-electron chi connectivity index (χ0n) is 18.4. The second-order valence-electron chi connectivity index (χ2n) is 8.08. The first kappa shape index (κ1) is 22.6. The van der Waals surface area contributed by atoms with Crippen molar-refractivity contribution in [1.29, 1.82) is 0 Å². The molecule has 1 heterocycles. The first-order valence-corrected chi connectivity index (χ1v) is 10.9. The number of hydrogen-bond donors (Lipinski definition) is 3. The average molecular weight is 426 g/mol. The van der Waals surface area contributed by atoms with Gasteiger partial charge in [0.05, 0.1) is 14.2 Å². The van der Waals surface area contributed by atoms with Gasteiger partial charge in [0.1, 0.15) is 5.75 Å². The summed E-state index contributed by atoms with van der Waals surface area (Å²) in [7, 11) is 3.43. The second-order valence-corrected chi connectivity index (χ2v) is 8.08. The summed E-state index contributed by atoms with van der Waals surface area (Å²) in [6.45, 7) is 2.61. The quantitative estimate of drug-likeness (QED) is 0.606. The number of hydrogen-bond acceptors (Lipinski definition) is 4. The van der Waals surface area contributed by atoms with Crippen LogP contribution in [-0.2, 0) is 9.59 Å². The van der Waals surface area contributed by atoms with Crippen molar-refractivity contribution in [1.82, 2.24) is 0 Å². The molecule has 0 bridgehead atoms. The van der Waals surface area contributed by atoms with Crippen molar-refractivity contribution in [2.24, 2.45) is 0 Å². The molecule has 0 radical (unpaired) electrons. The maximum Gasteiger partial charge on any atom is 0.279 e. The Kier molecular flexibility index (Phi) is 8.29. The van der Waals surface area contributed by atoms with E-state index in [1.54, 1.807) is 31.4 Å². The fourth-order valence-corrected chi connectivity index (χ4v) is 3.78. The Morgan fingerprint density at radius 3 is 1.81 bits per heavy atom. The molecule has 7 nitrogen and oxygen atoms in total. The molecule has 1 saturated heterocycles. The van der Waals surface area contributed by atoms with Gasteiger partial charge in [-0.05, 0) is 61.4 Å². The predicted octanol–water partition coefficient (Wildman–Crippen LogP) is 2.17. The lowest BCUT2D eigenvalue weighted by atomic mass is 10.2. The van der Waals surface area contributed by atoms with Crippen LogP contribution in [0, 0.1) is 0 Å². The van der Waals surface area contributed by atoms with Gasteiger partial charge in [0, 0.05) is 30.2 Å². The molecular weight excluding hydrogens is 392 g/mol. The summed E-state index contributed by atoms with van der Waals surface area (Å²) >= 11 is 0. The van der Waals surface area contributed by atoms with Gasteiger partial charge in [-0.2, -0.15) is 0 Å². The lowest BCUT2D eigenvalue weighted by Gasteiger charge is -2.22. The van der Waals surface area contributed by atoms with E-state index in [0.717, 1.165) is 29.4 Å². The zero-order chi connectivity index (χ0) is 22.1. The largest absolute Gasteiger partial charge is 0.497 e. The van der Waals surface area contributed by atoms with Gasteiger partial charge in [-0.15, -0.1) is 0 Å². The molecule has 7 heteroatoms. The van der Waals surface area contributed by atoms with E-state index in [9.17, 15) is 9.59 Å². The molecule has 2 aromatic rings. The third-order valence-electron chi connectivity index (χ3n) is 5.42. The highest BCUT2D eigenvalue weighted by Crippen LogP contribution is 2.21. The van der Waals surface area contributed by atoms with Crippen molar-refractivity contribution >= 4 is 28.9 Å².